The second-order valence-corrected chi connectivity index (χ2v) is 20.1. The molecular weight excluding hydrogens is 1220 g/mol. The van der Waals surface area contributed by atoms with E-state index in [0.717, 1.165) is 30.3 Å². The van der Waals surface area contributed by atoms with E-state index in [1.165, 1.54) is 60.7 Å². The summed E-state index contributed by atoms with van der Waals surface area (Å²) in [6, 6.07) is 17.5. The quantitative estimate of drug-likeness (QED) is 0.0209. The molecule has 7 aromatic carbocycles. The predicted molar refractivity (Wildman–Crippen MR) is 252 cm³/mol. The largest absolute Gasteiger partial charge is 1.00 e. The minimum absolute atomic E-state index is 0. The standard InChI is InChI=1S/C40H23Cl5N6O16S4.4Na/c41-18-4-6-22(25(43)12-18)39(54)47-29-15-21(70(58,59)60)9-17-10-30(69-67-65-57)35(37(52)33(17)29)50-48-19-5-7-27(26(44)13-19)49-51-36-31(71(61,62)63)11-16-8-20(68-66-64-56)14-28(32(16)38(36)53)46-40(55)23-2-1-3-24(42)34(23)45;;;;/h1-15,52-53,56-57H,(H,46,55)(H,47,54)(H,58,59,60)(H,61,62,63);;;;/q;4*+1/p-4. The van der Waals surface area contributed by atoms with Crippen LogP contribution in [-0.2, 0) is 39.0 Å². The number of hydrogen-bond acceptors (Lipinski definition) is 22. The van der Waals surface area contributed by atoms with Crippen molar-refractivity contribution in [3.8, 4) is 11.5 Å². The summed E-state index contributed by atoms with van der Waals surface area (Å²) >= 11 is 31.5. The Hall–Kier alpha value is -1.47. The Morgan fingerprint density at radius 3 is 1.80 bits per heavy atom. The normalized spacial score (nSPS) is 11.5. The van der Waals surface area contributed by atoms with Gasteiger partial charge >= 0.3 is 118 Å². The molecule has 2 amide bonds. The van der Waals surface area contributed by atoms with Gasteiger partial charge in [-0.05, 0) is 95.7 Å². The van der Waals surface area contributed by atoms with E-state index >= 15 is 0 Å². The average Bonchev–Trinajstić information content (AvgIpc) is 3.29. The van der Waals surface area contributed by atoms with Gasteiger partial charge in [-0.1, -0.05) is 64.1 Å². The third kappa shape index (κ3) is 16.4. The predicted octanol–water partition coefficient (Wildman–Crippen LogP) is -1.71. The van der Waals surface area contributed by atoms with Crippen molar-refractivity contribution in [2.75, 3.05) is 10.6 Å². The molecule has 35 heteroatoms. The summed E-state index contributed by atoms with van der Waals surface area (Å²) in [5, 5.41) is 71.0. The summed E-state index contributed by atoms with van der Waals surface area (Å²) in [4.78, 5) is 24.6. The van der Waals surface area contributed by atoms with Gasteiger partial charge in [0.1, 0.15) is 37.3 Å². The maximum atomic E-state index is 13.4. The molecule has 0 unspecified atom stereocenters. The molecule has 0 aromatic heterocycles. The smallest absolute Gasteiger partial charge is 0.744 e. The second-order valence-electron chi connectivity index (χ2n) is 13.8. The molecule has 0 aliphatic rings. The fourth-order valence-electron chi connectivity index (χ4n) is 6.44. The summed E-state index contributed by atoms with van der Waals surface area (Å²) in [7, 11) is -10.7. The maximum Gasteiger partial charge on any atom is 1.00 e. The fraction of sp³-hybridized carbons (Fsp3) is 0. The Kier molecular flexibility index (Phi) is 26.5. The maximum absolute atomic E-state index is 13.4. The van der Waals surface area contributed by atoms with Crippen LogP contribution in [0.1, 0.15) is 20.7 Å². The first-order chi connectivity index (χ1) is 33.6. The number of benzene rings is 7. The van der Waals surface area contributed by atoms with Gasteiger partial charge in [0.25, 0.3) is 11.8 Å². The van der Waals surface area contributed by atoms with Gasteiger partial charge in [-0.3, -0.25) is 19.7 Å². The van der Waals surface area contributed by atoms with E-state index in [1.54, 1.807) is 0 Å². The SMILES string of the molecule is O=C(Nc1cc(S(=O)(=O)[O-])cc2cc(SOO[O-])c(N=Nc3ccc(N=Nc4c(S(=O)(=O)[O-])cc5cc(SOO[O-])cc(NC(=O)c6cccc(Cl)c6Cl)c5c4O)c(Cl)c3)c(O)c12)c1ccc(Cl)cc1Cl.[Na+].[Na+].[Na+].[Na+]. The third-order valence-corrected chi connectivity index (χ3v) is 13.9. The molecule has 0 heterocycles. The molecule has 0 spiro atoms. The third-order valence-electron chi connectivity index (χ3n) is 9.44. The number of aromatic hydroxyl groups is 2. The molecule has 0 saturated heterocycles. The van der Waals surface area contributed by atoms with Crippen LogP contribution in [0.15, 0.2) is 131 Å². The molecule has 0 aliphatic heterocycles. The number of phenolic OH excluding ortho intramolecular Hbond substituents is 2. The molecule has 75 heavy (non-hydrogen) atoms. The molecule has 368 valence electrons. The number of carbonyl (C=O) groups excluding carboxylic acids is 2. The number of phenols is 2. The van der Waals surface area contributed by atoms with Gasteiger partial charge < -0.3 is 40.5 Å². The number of nitrogens with zero attached hydrogens (tertiary/aromatic N) is 4. The fourth-order valence-corrected chi connectivity index (χ4v) is 9.66. The van der Waals surface area contributed by atoms with Crippen molar-refractivity contribution in [1.29, 1.82) is 0 Å². The Morgan fingerprint density at radius 1 is 0.587 bits per heavy atom. The minimum Gasteiger partial charge on any atom is -0.744 e. The Balaban J connectivity index is 0.00000371. The van der Waals surface area contributed by atoms with Crippen molar-refractivity contribution in [2.45, 2.75) is 19.6 Å². The van der Waals surface area contributed by atoms with Gasteiger partial charge in [-0.2, -0.15) is 13.8 Å². The van der Waals surface area contributed by atoms with Crippen LogP contribution < -0.4 is 139 Å². The van der Waals surface area contributed by atoms with Gasteiger partial charge in [0, 0.05) is 20.7 Å². The van der Waals surface area contributed by atoms with E-state index in [0.29, 0.717) is 12.0 Å². The van der Waals surface area contributed by atoms with Crippen LogP contribution in [0.4, 0.5) is 34.1 Å². The topological polar surface area (TPSA) is 346 Å². The first-order valence-electron chi connectivity index (χ1n) is 18.6. The first kappa shape index (κ1) is 67.8. The number of hydrogen-bond donors (Lipinski definition) is 4. The van der Waals surface area contributed by atoms with Crippen LogP contribution in [0, 0.1) is 0 Å². The molecule has 0 atom stereocenters. The minimum atomic E-state index is -5.47. The van der Waals surface area contributed by atoms with E-state index in [-0.39, 0.29) is 215 Å². The summed E-state index contributed by atoms with van der Waals surface area (Å²) in [5.74, 6) is -3.58. The number of azo groups is 2. The zero-order chi connectivity index (χ0) is 51.5. The number of fused-ring (bicyclic) bond motifs is 2. The first-order valence-corrected chi connectivity index (χ1v) is 24.8. The Labute approximate surface area is 545 Å². The zero-order valence-electron chi connectivity index (χ0n) is 38.1. The molecular formula is C40H19Cl5N6Na4O16S4. The number of rotatable bonds is 16. The number of carbonyl (C=O) groups is 2. The van der Waals surface area contributed by atoms with E-state index in [4.69, 9.17) is 58.0 Å². The van der Waals surface area contributed by atoms with Crippen molar-refractivity contribution in [3.05, 3.63) is 127 Å². The molecule has 0 saturated carbocycles. The summed E-state index contributed by atoms with van der Waals surface area (Å²) in [6.07, 6.45) is 0. The number of anilines is 2. The summed E-state index contributed by atoms with van der Waals surface area (Å²) in [5.41, 5.74) is -2.61. The number of amides is 2. The van der Waals surface area contributed by atoms with E-state index < -0.39 is 70.4 Å². The monoisotopic (exact) mass is 1230 g/mol. The average molecular weight is 1240 g/mol. The summed E-state index contributed by atoms with van der Waals surface area (Å²) < 4.78 is 83.1. The molecule has 7 rings (SSSR count). The zero-order valence-corrected chi connectivity index (χ0v) is 53.1. The molecule has 0 bridgehead atoms. The molecule has 0 aliphatic carbocycles. The van der Waals surface area contributed by atoms with Gasteiger partial charge in [0.2, 0.25) is 0 Å². The Bertz CT molecular complexity index is 3660. The van der Waals surface area contributed by atoms with Crippen LogP contribution >= 0.6 is 82.1 Å². The van der Waals surface area contributed by atoms with Gasteiger partial charge in [-0.15, -0.1) is 15.3 Å². The number of nitrogens with one attached hydrogen (secondary N) is 2. The van der Waals surface area contributed by atoms with E-state index in [9.17, 15) is 56.3 Å². The molecule has 7 aromatic rings. The summed E-state index contributed by atoms with van der Waals surface area (Å²) in [6.45, 7) is 0. The van der Waals surface area contributed by atoms with Crippen molar-refractivity contribution < 1.29 is 193 Å². The number of halogens is 5. The molecule has 4 N–H and O–H groups in total. The van der Waals surface area contributed by atoms with Crippen LogP contribution in [0.25, 0.3) is 21.5 Å². The molecule has 0 fully saturated rings. The van der Waals surface area contributed by atoms with Gasteiger partial charge in [0.05, 0.1) is 87.1 Å². The second kappa shape index (κ2) is 29.3. The van der Waals surface area contributed by atoms with Crippen LogP contribution in [-0.4, -0.2) is 48.0 Å². The molecule has 22 nitrogen and oxygen atoms in total. The van der Waals surface area contributed by atoms with Gasteiger partial charge in [0.15, 0.2) is 11.5 Å². The van der Waals surface area contributed by atoms with Crippen LogP contribution in [0.3, 0.4) is 0 Å². The van der Waals surface area contributed by atoms with Crippen molar-refractivity contribution >= 4 is 170 Å². The van der Waals surface area contributed by atoms with Crippen LogP contribution in [0.2, 0.25) is 25.1 Å². The van der Waals surface area contributed by atoms with Crippen molar-refractivity contribution in [2.24, 2.45) is 20.5 Å². The Morgan fingerprint density at radius 2 is 1.19 bits per heavy atom. The van der Waals surface area contributed by atoms with Crippen LogP contribution in [0.5, 0.6) is 11.5 Å². The van der Waals surface area contributed by atoms with Crippen molar-refractivity contribution in [3.63, 3.8) is 0 Å². The van der Waals surface area contributed by atoms with Crippen molar-refractivity contribution in [1.82, 2.24) is 0 Å². The van der Waals surface area contributed by atoms with E-state index in [2.05, 4.69) is 49.8 Å². The van der Waals surface area contributed by atoms with Gasteiger partial charge in [-0.25, -0.2) is 16.8 Å². The molecule has 0 radical (unpaired) electrons. The van der Waals surface area contributed by atoms with E-state index in [1.807, 2.05) is 0 Å².